The SMILES string of the molecule is CCSc1nnc(SCC(=O)Nc2c(C#N)c(C)c(C)n2-c2ccccc2)s1. The molecule has 0 aliphatic heterocycles. The molecule has 0 spiro atoms. The first-order chi connectivity index (χ1) is 13.5. The summed E-state index contributed by atoms with van der Waals surface area (Å²) >= 11 is 4.47. The molecule has 0 bridgehead atoms. The van der Waals surface area contributed by atoms with Crippen LogP contribution < -0.4 is 5.32 Å². The summed E-state index contributed by atoms with van der Waals surface area (Å²) in [6.45, 7) is 5.90. The average molecular weight is 430 g/mol. The van der Waals surface area contributed by atoms with Gasteiger partial charge in [-0.15, -0.1) is 10.2 Å². The van der Waals surface area contributed by atoms with E-state index in [9.17, 15) is 10.1 Å². The minimum absolute atomic E-state index is 0.184. The minimum Gasteiger partial charge on any atom is -0.310 e. The van der Waals surface area contributed by atoms with E-state index in [0.717, 1.165) is 31.4 Å². The fourth-order valence-corrected chi connectivity index (χ4v) is 5.41. The number of amides is 1. The molecule has 0 saturated carbocycles. The molecule has 6 nitrogen and oxygen atoms in total. The highest BCUT2D eigenvalue weighted by atomic mass is 32.2. The maximum atomic E-state index is 12.6. The maximum Gasteiger partial charge on any atom is 0.235 e. The fraction of sp³-hybridized carbons (Fsp3) is 0.263. The van der Waals surface area contributed by atoms with E-state index in [4.69, 9.17) is 0 Å². The number of aromatic nitrogens is 3. The Hall–Kier alpha value is -2.28. The second-order valence-corrected chi connectivity index (χ2v) is 9.53. The van der Waals surface area contributed by atoms with Gasteiger partial charge >= 0.3 is 0 Å². The van der Waals surface area contributed by atoms with Gasteiger partial charge in [0.05, 0.1) is 11.3 Å². The molecule has 0 radical (unpaired) electrons. The predicted octanol–water partition coefficient (Wildman–Crippen LogP) is 4.66. The summed E-state index contributed by atoms with van der Waals surface area (Å²) < 4.78 is 3.58. The van der Waals surface area contributed by atoms with Crippen molar-refractivity contribution in [3.63, 3.8) is 0 Å². The van der Waals surface area contributed by atoms with Crippen LogP contribution in [0, 0.1) is 25.2 Å². The van der Waals surface area contributed by atoms with Crippen molar-refractivity contribution in [3.8, 4) is 11.8 Å². The second kappa shape index (κ2) is 9.28. The number of nitriles is 1. The number of anilines is 1. The minimum atomic E-state index is -0.184. The molecule has 1 aromatic carbocycles. The number of nitrogens with zero attached hydrogens (tertiary/aromatic N) is 4. The van der Waals surface area contributed by atoms with Gasteiger partial charge in [0, 0.05) is 11.4 Å². The van der Waals surface area contributed by atoms with Crippen LogP contribution in [-0.4, -0.2) is 32.2 Å². The molecule has 144 valence electrons. The lowest BCUT2D eigenvalue weighted by Gasteiger charge is -2.13. The predicted molar refractivity (Wildman–Crippen MR) is 116 cm³/mol. The van der Waals surface area contributed by atoms with Crippen LogP contribution in [0.3, 0.4) is 0 Å². The summed E-state index contributed by atoms with van der Waals surface area (Å²) in [4.78, 5) is 12.6. The number of benzene rings is 1. The van der Waals surface area contributed by atoms with Crippen molar-refractivity contribution in [3.05, 3.63) is 47.2 Å². The zero-order valence-electron chi connectivity index (χ0n) is 15.7. The van der Waals surface area contributed by atoms with Crippen LogP contribution in [0.15, 0.2) is 39.0 Å². The lowest BCUT2D eigenvalue weighted by atomic mass is 10.2. The quantitative estimate of drug-likeness (QED) is 0.550. The molecule has 9 heteroatoms. The first-order valence-electron chi connectivity index (χ1n) is 8.61. The van der Waals surface area contributed by atoms with E-state index in [-0.39, 0.29) is 11.7 Å². The van der Waals surface area contributed by atoms with Crippen molar-refractivity contribution < 1.29 is 4.79 Å². The van der Waals surface area contributed by atoms with Gasteiger partial charge in [-0.1, -0.05) is 60.0 Å². The van der Waals surface area contributed by atoms with Gasteiger partial charge in [0.1, 0.15) is 11.9 Å². The molecule has 0 aliphatic rings. The molecule has 0 unspecified atom stereocenters. The standard InChI is InChI=1S/C19H19N5OS3/c1-4-26-18-22-23-19(28-18)27-11-16(25)21-17-15(10-20)12(2)13(3)24(17)14-8-6-5-7-9-14/h5-9H,4,11H2,1-3H3,(H,21,25). The number of para-hydroxylation sites is 1. The Morgan fingerprint density at radius 1 is 1.21 bits per heavy atom. The first kappa shape index (κ1) is 20.5. The molecule has 2 heterocycles. The molecule has 0 saturated heterocycles. The summed E-state index contributed by atoms with van der Waals surface area (Å²) in [5, 5.41) is 20.7. The molecule has 0 atom stereocenters. The molecule has 0 aliphatic carbocycles. The normalized spacial score (nSPS) is 10.6. The first-order valence-corrected chi connectivity index (χ1v) is 11.4. The maximum absolute atomic E-state index is 12.6. The Labute approximate surface area is 176 Å². The molecule has 1 N–H and O–H groups in total. The Bertz CT molecular complexity index is 1020. The molecule has 0 fully saturated rings. The molecule has 3 rings (SSSR count). The van der Waals surface area contributed by atoms with Crippen LogP contribution in [0.4, 0.5) is 5.82 Å². The van der Waals surface area contributed by atoms with E-state index in [1.165, 1.54) is 23.1 Å². The number of hydrogen-bond donors (Lipinski definition) is 1. The molecule has 3 aromatic rings. The average Bonchev–Trinajstić information content (AvgIpc) is 3.24. The summed E-state index contributed by atoms with van der Waals surface area (Å²) in [5.74, 6) is 1.46. The highest BCUT2D eigenvalue weighted by molar-refractivity contribution is 8.03. The third-order valence-electron chi connectivity index (χ3n) is 4.08. The van der Waals surface area contributed by atoms with E-state index < -0.39 is 0 Å². The number of hydrogen-bond acceptors (Lipinski definition) is 7. The number of thioether (sulfide) groups is 2. The van der Waals surface area contributed by atoms with Gasteiger partial charge in [-0.3, -0.25) is 9.36 Å². The fourth-order valence-electron chi connectivity index (χ4n) is 2.69. The molecular formula is C19H19N5OS3. The molecular weight excluding hydrogens is 410 g/mol. The summed E-state index contributed by atoms with van der Waals surface area (Å²) in [6, 6.07) is 11.9. The van der Waals surface area contributed by atoms with Crippen molar-refractivity contribution in [2.75, 3.05) is 16.8 Å². The van der Waals surface area contributed by atoms with Gasteiger partial charge < -0.3 is 5.32 Å². The van der Waals surface area contributed by atoms with Crippen molar-refractivity contribution in [1.29, 1.82) is 5.26 Å². The highest BCUT2D eigenvalue weighted by Crippen LogP contribution is 2.31. The van der Waals surface area contributed by atoms with Crippen LogP contribution in [0.2, 0.25) is 0 Å². The molecule has 1 amide bonds. The van der Waals surface area contributed by atoms with E-state index in [0.29, 0.717) is 11.4 Å². The number of carbonyl (C=O) groups excluding carboxylic acids is 1. The third kappa shape index (κ3) is 4.41. The molecule has 2 aromatic heterocycles. The van der Waals surface area contributed by atoms with Crippen LogP contribution in [0.1, 0.15) is 23.7 Å². The second-order valence-electron chi connectivity index (χ2n) is 5.82. The van der Waals surface area contributed by atoms with Crippen LogP contribution >= 0.6 is 34.9 Å². The van der Waals surface area contributed by atoms with E-state index in [1.54, 1.807) is 11.8 Å². The van der Waals surface area contributed by atoms with Gasteiger partial charge in [-0.25, -0.2) is 0 Å². The van der Waals surface area contributed by atoms with Crippen molar-refractivity contribution >= 4 is 46.6 Å². The van der Waals surface area contributed by atoms with Gasteiger partial charge in [0.2, 0.25) is 5.91 Å². The number of rotatable bonds is 7. The van der Waals surface area contributed by atoms with Gasteiger partial charge in [0.15, 0.2) is 8.68 Å². The number of nitrogens with one attached hydrogen (secondary N) is 1. The Balaban J connectivity index is 1.80. The van der Waals surface area contributed by atoms with E-state index in [1.807, 2.05) is 48.7 Å². The van der Waals surface area contributed by atoms with E-state index >= 15 is 0 Å². The lowest BCUT2D eigenvalue weighted by Crippen LogP contribution is -2.17. The molecule has 28 heavy (non-hydrogen) atoms. The van der Waals surface area contributed by atoms with Crippen molar-refractivity contribution in [2.45, 2.75) is 29.5 Å². The monoisotopic (exact) mass is 429 g/mol. The van der Waals surface area contributed by atoms with Crippen LogP contribution in [0.25, 0.3) is 5.69 Å². The highest BCUT2D eigenvalue weighted by Gasteiger charge is 2.21. The van der Waals surface area contributed by atoms with Gasteiger partial charge in [-0.2, -0.15) is 5.26 Å². The summed E-state index contributed by atoms with van der Waals surface area (Å²) in [5.41, 5.74) is 3.17. The Kier molecular flexibility index (Phi) is 6.78. The largest absolute Gasteiger partial charge is 0.310 e. The smallest absolute Gasteiger partial charge is 0.235 e. The Morgan fingerprint density at radius 2 is 1.89 bits per heavy atom. The van der Waals surface area contributed by atoms with E-state index in [2.05, 4.69) is 28.5 Å². The van der Waals surface area contributed by atoms with Crippen LogP contribution in [0.5, 0.6) is 0 Å². The Morgan fingerprint density at radius 3 is 2.54 bits per heavy atom. The van der Waals surface area contributed by atoms with Crippen molar-refractivity contribution in [2.24, 2.45) is 0 Å². The van der Waals surface area contributed by atoms with Crippen molar-refractivity contribution in [1.82, 2.24) is 14.8 Å². The lowest BCUT2D eigenvalue weighted by molar-refractivity contribution is -0.113. The third-order valence-corrected chi connectivity index (χ3v) is 7.15. The zero-order chi connectivity index (χ0) is 20.1. The van der Waals surface area contributed by atoms with Gasteiger partial charge in [-0.05, 0) is 37.3 Å². The van der Waals surface area contributed by atoms with Crippen LogP contribution in [-0.2, 0) is 4.79 Å². The number of carbonyl (C=O) groups is 1. The zero-order valence-corrected chi connectivity index (χ0v) is 18.2. The topological polar surface area (TPSA) is 83.6 Å². The summed E-state index contributed by atoms with van der Waals surface area (Å²) in [7, 11) is 0. The van der Waals surface area contributed by atoms with Gasteiger partial charge in [0.25, 0.3) is 0 Å². The summed E-state index contributed by atoms with van der Waals surface area (Å²) in [6.07, 6.45) is 0.